The quantitative estimate of drug-likeness (QED) is 0.517. The summed E-state index contributed by atoms with van der Waals surface area (Å²) in [5.41, 5.74) is 2.45. The Labute approximate surface area is 199 Å². The molecule has 180 valence electrons. The Morgan fingerprint density at radius 2 is 1.76 bits per heavy atom. The number of anilines is 2. The number of carbonyl (C=O) groups is 1. The van der Waals surface area contributed by atoms with Gasteiger partial charge in [0, 0.05) is 37.3 Å². The van der Waals surface area contributed by atoms with E-state index in [2.05, 4.69) is 20.4 Å². The van der Waals surface area contributed by atoms with E-state index in [-0.39, 0.29) is 10.8 Å². The van der Waals surface area contributed by atoms with Crippen LogP contribution in [0.15, 0.2) is 51.9 Å². The summed E-state index contributed by atoms with van der Waals surface area (Å²) in [5, 5.41) is 6.72. The Hall–Kier alpha value is -3.24. The van der Waals surface area contributed by atoms with Gasteiger partial charge in [-0.25, -0.2) is 8.42 Å². The van der Waals surface area contributed by atoms with Gasteiger partial charge in [-0.15, -0.1) is 0 Å². The highest BCUT2D eigenvalue weighted by molar-refractivity contribution is 7.89. The number of sulfonamides is 1. The standard InChI is InChI=1S/C24H29N5O4S/c1-4-29(5-2)34(31,32)20-12-13-22(28-14-6-7-15-28)21(16-20)26-23(30)18-8-10-19(11-9-18)24-25-17(3)27-33-24/h8-13,16H,4-7,14-15H2,1-3H3,(H,26,30). The number of nitrogens with one attached hydrogen (secondary N) is 1. The number of rotatable bonds is 8. The van der Waals surface area contributed by atoms with Crippen molar-refractivity contribution < 1.29 is 17.7 Å². The van der Waals surface area contributed by atoms with Gasteiger partial charge < -0.3 is 14.7 Å². The molecule has 0 unspecified atom stereocenters. The number of hydrogen-bond acceptors (Lipinski definition) is 7. The van der Waals surface area contributed by atoms with Crippen molar-refractivity contribution in [3.63, 3.8) is 0 Å². The van der Waals surface area contributed by atoms with Crippen molar-refractivity contribution >= 4 is 27.3 Å². The molecule has 1 N–H and O–H groups in total. The highest BCUT2D eigenvalue weighted by Crippen LogP contribution is 2.33. The first kappa shape index (κ1) is 23.9. The molecule has 2 heterocycles. The highest BCUT2D eigenvalue weighted by atomic mass is 32.2. The Bertz CT molecular complexity index is 1260. The molecule has 0 spiro atoms. The molecule has 0 saturated carbocycles. The third-order valence-corrected chi connectivity index (χ3v) is 7.97. The van der Waals surface area contributed by atoms with Gasteiger partial charge in [0.2, 0.25) is 10.0 Å². The van der Waals surface area contributed by atoms with Crippen molar-refractivity contribution in [2.45, 2.75) is 38.5 Å². The molecule has 2 aromatic carbocycles. The number of hydrogen-bond donors (Lipinski definition) is 1. The number of nitrogens with zero attached hydrogens (tertiary/aromatic N) is 4. The van der Waals surface area contributed by atoms with Crippen molar-refractivity contribution in [1.82, 2.24) is 14.4 Å². The van der Waals surface area contributed by atoms with E-state index in [0.29, 0.717) is 41.6 Å². The summed E-state index contributed by atoms with van der Waals surface area (Å²) in [4.78, 5) is 19.6. The lowest BCUT2D eigenvalue weighted by molar-refractivity contribution is 0.102. The van der Waals surface area contributed by atoms with Gasteiger partial charge in [-0.1, -0.05) is 19.0 Å². The molecule has 1 amide bonds. The number of benzene rings is 2. The first-order valence-electron chi connectivity index (χ1n) is 11.4. The van der Waals surface area contributed by atoms with Crippen LogP contribution in [0.4, 0.5) is 11.4 Å². The summed E-state index contributed by atoms with van der Waals surface area (Å²) in [6.07, 6.45) is 2.12. The average Bonchev–Trinajstić information content (AvgIpc) is 3.52. The zero-order valence-electron chi connectivity index (χ0n) is 19.6. The fourth-order valence-corrected chi connectivity index (χ4v) is 5.58. The molecule has 0 bridgehead atoms. The maximum absolute atomic E-state index is 13.1. The van der Waals surface area contributed by atoms with E-state index in [1.807, 2.05) is 13.8 Å². The molecule has 3 aromatic rings. The lowest BCUT2D eigenvalue weighted by Gasteiger charge is -2.24. The summed E-state index contributed by atoms with van der Waals surface area (Å²) in [7, 11) is -3.66. The number of carbonyl (C=O) groups excluding carboxylic acids is 1. The SMILES string of the molecule is CCN(CC)S(=O)(=O)c1ccc(N2CCCC2)c(NC(=O)c2ccc(-c3nc(C)no3)cc2)c1. The van der Waals surface area contributed by atoms with Crippen LogP contribution in [0.1, 0.15) is 42.9 Å². The molecular weight excluding hydrogens is 454 g/mol. The van der Waals surface area contributed by atoms with Crippen molar-refractivity contribution in [2.75, 3.05) is 36.4 Å². The summed E-state index contributed by atoms with van der Waals surface area (Å²) >= 11 is 0. The number of amides is 1. The topological polar surface area (TPSA) is 109 Å². The van der Waals surface area contributed by atoms with Crippen LogP contribution in [0.5, 0.6) is 0 Å². The summed E-state index contributed by atoms with van der Waals surface area (Å²) in [5.74, 6) is 0.590. The zero-order valence-corrected chi connectivity index (χ0v) is 20.4. The predicted octanol–water partition coefficient (Wildman–Crippen LogP) is 3.93. The van der Waals surface area contributed by atoms with Crippen molar-refractivity contribution in [1.29, 1.82) is 0 Å². The smallest absolute Gasteiger partial charge is 0.257 e. The third-order valence-electron chi connectivity index (χ3n) is 5.93. The second kappa shape index (κ2) is 9.94. The molecule has 1 aromatic heterocycles. The summed E-state index contributed by atoms with van der Waals surface area (Å²) in [6, 6.07) is 11.8. The van der Waals surface area contributed by atoms with Gasteiger partial charge in [0.15, 0.2) is 5.82 Å². The van der Waals surface area contributed by atoms with Crippen LogP contribution < -0.4 is 10.2 Å². The molecule has 10 heteroatoms. The Balaban J connectivity index is 1.64. The first-order chi connectivity index (χ1) is 16.3. The molecule has 9 nitrogen and oxygen atoms in total. The molecule has 0 radical (unpaired) electrons. The molecule has 4 rings (SSSR count). The number of aromatic nitrogens is 2. The van der Waals surface area contributed by atoms with Gasteiger partial charge in [-0.3, -0.25) is 4.79 Å². The molecular formula is C24H29N5O4S. The zero-order chi connectivity index (χ0) is 24.3. The highest BCUT2D eigenvalue weighted by Gasteiger charge is 2.25. The normalized spacial score (nSPS) is 14.1. The minimum atomic E-state index is -3.66. The molecule has 0 aliphatic carbocycles. The average molecular weight is 484 g/mol. The maximum Gasteiger partial charge on any atom is 0.257 e. The van der Waals surface area contributed by atoms with E-state index in [1.54, 1.807) is 49.4 Å². The van der Waals surface area contributed by atoms with E-state index in [9.17, 15) is 13.2 Å². The van der Waals surface area contributed by atoms with Gasteiger partial charge in [-0.05, 0) is 62.2 Å². The summed E-state index contributed by atoms with van der Waals surface area (Å²) in [6.45, 7) is 7.83. The lowest BCUT2D eigenvalue weighted by Crippen LogP contribution is -2.31. The van der Waals surface area contributed by atoms with Crippen molar-refractivity contribution in [3.8, 4) is 11.5 Å². The van der Waals surface area contributed by atoms with Gasteiger partial charge in [0.1, 0.15) is 0 Å². The molecule has 34 heavy (non-hydrogen) atoms. The molecule has 1 aliphatic rings. The second-order valence-corrected chi connectivity index (χ2v) is 10.1. The third kappa shape index (κ3) is 4.83. The van der Waals surface area contributed by atoms with Crippen LogP contribution in [0.25, 0.3) is 11.5 Å². The van der Waals surface area contributed by atoms with Gasteiger partial charge in [-0.2, -0.15) is 9.29 Å². The minimum absolute atomic E-state index is 0.163. The van der Waals surface area contributed by atoms with E-state index in [4.69, 9.17) is 4.52 Å². The van der Waals surface area contributed by atoms with Gasteiger partial charge >= 0.3 is 0 Å². The largest absolute Gasteiger partial charge is 0.370 e. The van der Waals surface area contributed by atoms with Crippen LogP contribution in [0, 0.1) is 6.92 Å². The van der Waals surface area contributed by atoms with Crippen LogP contribution in [0.3, 0.4) is 0 Å². The van der Waals surface area contributed by atoms with Crippen LogP contribution in [0.2, 0.25) is 0 Å². The number of aryl methyl sites for hydroxylation is 1. The minimum Gasteiger partial charge on any atom is -0.370 e. The Morgan fingerprint density at radius 1 is 1.09 bits per heavy atom. The van der Waals surface area contributed by atoms with Gasteiger partial charge in [0.25, 0.3) is 11.8 Å². The predicted molar refractivity (Wildman–Crippen MR) is 130 cm³/mol. The summed E-state index contributed by atoms with van der Waals surface area (Å²) < 4.78 is 32.8. The van der Waals surface area contributed by atoms with Gasteiger partial charge in [0.05, 0.1) is 16.3 Å². The van der Waals surface area contributed by atoms with E-state index in [1.165, 1.54) is 4.31 Å². The molecule has 1 fully saturated rings. The van der Waals surface area contributed by atoms with E-state index < -0.39 is 10.0 Å². The fourth-order valence-electron chi connectivity index (χ4n) is 4.10. The van der Waals surface area contributed by atoms with E-state index >= 15 is 0 Å². The van der Waals surface area contributed by atoms with Crippen LogP contribution in [-0.2, 0) is 10.0 Å². The van der Waals surface area contributed by atoms with Crippen LogP contribution in [-0.4, -0.2) is 54.9 Å². The maximum atomic E-state index is 13.1. The second-order valence-electron chi connectivity index (χ2n) is 8.14. The van der Waals surface area contributed by atoms with Crippen LogP contribution >= 0.6 is 0 Å². The first-order valence-corrected chi connectivity index (χ1v) is 12.9. The van der Waals surface area contributed by atoms with Crippen molar-refractivity contribution in [3.05, 3.63) is 53.9 Å². The Kier molecular flexibility index (Phi) is 6.99. The Morgan fingerprint density at radius 3 is 2.35 bits per heavy atom. The monoisotopic (exact) mass is 483 g/mol. The molecule has 1 aliphatic heterocycles. The fraction of sp³-hybridized carbons (Fsp3) is 0.375. The lowest BCUT2D eigenvalue weighted by atomic mass is 10.1. The molecule has 0 atom stereocenters. The van der Waals surface area contributed by atoms with Crippen molar-refractivity contribution in [2.24, 2.45) is 0 Å². The van der Waals surface area contributed by atoms with E-state index in [0.717, 1.165) is 31.6 Å². The molecule has 1 saturated heterocycles.